The lowest BCUT2D eigenvalue weighted by atomic mass is 9.92. The van der Waals surface area contributed by atoms with Gasteiger partial charge in [-0.25, -0.2) is 0 Å². The molecule has 98 valence electrons. The van der Waals surface area contributed by atoms with Crippen molar-refractivity contribution in [1.82, 2.24) is 5.32 Å². The maximum absolute atomic E-state index is 6.01. The molecule has 0 heterocycles. The first-order valence-corrected chi connectivity index (χ1v) is 7.15. The van der Waals surface area contributed by atoms with Crippen LogP contribution in [0.1, 0.15) is 65.2 Å². The molecule has 2 rings (SSSR count). The first-order chi connectivity index (χ1) is 8.05. The molecule has 1 atom stereocenters. The Labute approximate surface area is 105 Å². The number of nitrogens with one attached hydrogen (secondary N) is 1. The van der Waals surface area contributed by atoms with Gasteiger partial charge >= 0.3 is 0 Å². The van der Waals surface area contributed by atoms with Gasteiger partial charge in [0.1, 0.15) is 0 Å². The van der Waals surface area contributed by atoms with E-state index in [-0.39, 0.29) is 0 Å². The number of nitrogens with zero attached hydrogens (tertiary/aromatic N) is 1. The molecule has 3 nitrogen and oxygen atoms in total. The molecule has 1 unspecified atom stereocenters. The SMILES string of the molecule is CC1(C)CCC(NC(N)=NC2CCCCC2)C1. The zero-order valence-corrected chi connectivity index (χ0v) is 11.3. The summed E-state index contributed by atoms with van der Waals surface area (Å²) in [6.45, 7) is 4.67. The summed E-state index contributed by atoms with van der Waals surface area (Å²) in [5, 5.41) is 3.41. The average Bonchev–Trinajstić information content (AvgIpc) is 2.59. The normalized spacial score (nSPS) is 30.5. The van der Waals surface area contributed by atoms with Gasteiger partial charge in [0.05, 0.1) is 6.04 Å². The summed E-state index contributed by atoms with van der Waals surface area (Å²) in [6, 6.07) is 1.02. The van der Waals surface area contributed by atoms with Crippen LogP contribution < -0.4 is 11.1 Å². The minimum absolute atomic E-state index is 0.475. The highest BCUT2D eigenvalue weighted by Gasteiger charge is 2.31. The van der Waals surface area contributed by atoms with Gasteiger partial charge in [0.15, 0.2) is 5.96 Å². The molecular formula is C14H27N3. The lowest BCUT2D eigenvalue weighted by Gasteiger charge is -2.21. The molecular weight excluding hydrogens is 210 g/mol. The number of nitrogens with two attached hydrogens (primary N) is 1. The van der Waals surface area contributed by atoms with Crippen LogP contribution in [0.3, 0.4) is 0 Å². The molecule has 0 aliphatic heterocycles. The van der Waals surface area contributed by atoms with Crippen molar-refractivity contribution in [3.05, 3.63) is 0 Å². The highest BCUT2D eigenvalue weighted by Crippen LogP contribution is 2.36. The van der Waals surface area contributed by atoms with Crippen molar-refractivity contribution in [2.75, 3.05) is 0 Å². The van der Waals surface area contributed by atoms with Crippen LogP contribution in [0.4, 0.5) is 0 Å². The summed E-state index contributed by atoms with van der Waals surface area (Å²) in [5.41, 5.74) is 6.49. The first-order valence-electron chi connectivity index (χ1n) is 7.15. The number of rotatable bonds is 2. The van der Waals surface area contributed by atoms with Gasteiger partial charge in [-0.3, -0.25) is 4.99 Å². The molecule has 3 N–H and O–H groups in total. The van der Waals surface area contributed by atoms with Crippen molar-refractivity contribution in [3.8, 4) is 0 Å². The number of aliphatic imine (C=N–C) groups is 1. The van der Waals surface area contributed by atoms with E-state index in [0.717, 1.165) is 0 Å². The molecule has 3 heteroatoms. The quantitative estimate of drug-likeness (QED) is 0.573. The fraction of sp³-hybridized carbons (Fsp3) is 0.929. The lowest BCUT2D eigenvalue weighted by Crippen LogP contribution is -2.40. The lowest BCUT2D eigenvalue weighted by molar-refractivity contribution is 0.372. The molecule has 0 aromatic carbocycles. The Balaban J connectivity index is 1.80. The highest BCUT2D eigenvalue weighted by atomic mass is 15.1. The molecule has 2 fully saturated rings. The van der Waals surface area contributed by atoms with E-state index in [0.29, 0.717) is 23.5 Å². The topological polar surface area (TPSA) is 50.4 Å². The molecule has 0 amide bonds. The average molecular weight is 237 g/mol. The van der Waals surface area contributed by atoms with Gasteiger partial charge in [-0.15, -0.1) is 0 Å². The largest absolute Gasteiger partial charge is 0.370 e. The van der Waals surface area contributed by atoms with Crippen molar-refractivity contribution in [2.45, 2.75) is 77.3 Å². The molecule has 2 aliphatic carbocycles. The predicted molar refractivity (Wildman–Crippen MR) is 73.1 cm³/mol. The van der Waals surface area contributed by atoms with E-state index in [2.05, 4.69) is 24.2 Å². The molecule has 0 aromatic rings. The first kappa shape index (κ1) is 12.7. The smallest absolute Gasteiger partial charge is 0.189 e. The maximum Gasteiger partial charge on any atom is 0.189 e. The molecule has 0 spiro atoms. The summed E-state index contributed by atoms with van der Waals surface area (Å²) in [7, 11) is 0. The van der Waals surface area contributed by atoms with Gasteiger partial charge < -0.3 is 11.1 Å². The maximum atomic E-state index is 6.01. The van der Waals surface area contributed by atoms with Crippen LogP contribution in [-0.2, 0) is 0 Å². The molecule has 0 saturated heterocycles. The van der Waals surface area contributed by atoms with E-state index in [9.17, 15) is 0 Å². The van der Waals surface area contributed by atoms with Gasteiger partial charge in [0.25, 0.3) is 0 Å². The van der Waals surface area contributed by atoms with E-state index >= 15 is 0 Å². The van der Waals surface area contributed by atoms with Crippen molar-refractivity contribution in [2.24, 2.45) is 16.1 Å². The zero-order chi connectivity index (χ0) is 12.3. The third kappa shape index (κ3) is 3.90. The van der Waals surface area contributed by atoms with Crippen molar-refractivity contribution >= 4 is 5.96 Å². The highest BCUT2D eigenvalue weighted by molar-refractivity contribution is 5.78. The summed E-state index contributed by atoms with van der Waals surface area (Å²) in [4.78, 5) is 4.63. The molecule has 2 saturated carbocycles. The van der Waals surface area contributed by atoms with E-state index < -0.39 is 0 Å². The Morgan fingerprint density at radius 1 is 1.18 bits per heavy atom. The van der Waals surface area contributed by atoms with Crippen LogP contribution in [0.25, 0.3) is 0 Å². The van der Waals surface area contributed by atoms with Gasteiger partial charge in [-0.2, -0.15) is 0 Å². The van der Waals surface area contributed by atoms with E-state index in [1.54, 1.807) is 0 Å². The fourth-order valence-corrected chi connectivity index (χ4v) is 3.21. The van der Waals surface area contributed by atoms with Crippen LogP contribution in [0, 0.1) is 5.41 Å². The van der Waals surface area contributed by atoms with Gasteiger partial charge in [0.2, 0.25) is 0 Å². The molecule has 0 aromatic heterocycles. The standard InChI is InChI=1S/C14H27N3/c1-14(2)9-8-12(10-14)17-13(15)16-11-6-4-3-5-7-11/h11-12H,3-10H2,1-2H3,(H3,15,16,17). The fourth-order valence-electron chi connectivity index (χ4n) is 3.21. The number of hydrogen-bond donors (Lipinski definition) is 2. The number of hydrogen-bond acceptors (Lipinski definition) is 1. The van der Waals surface area contributed by atoms with Gasteiger partial charge in [-0.1, -0.05) is 33.1 Å². The Hall–Kier alpha value is -0.730. The minimum atomic E-state index is 0.475. The van der Waals surface area contributed by atoms with E-state index in [1.807, 2.05) is 0 Å². The summed E-state index contributed by atoms with van der Waals surface area (Å²) in [5.74, 6) is 0.680. The summed E-state index contributed by atoms with van der Waals surface area (Å²) < 4.78 is 0. The Morgan fingerprint density at radius 3 is 2.47 bits per heavy atom. The predicted octanol–water partition coefficient (Wildman–Crippen LogP) is 2.80. The second-order valence-corrected chi connectivity index (χ2v) is 6.55. The summed E-state index contributed by atoms with van der Waals surface area (Å²) in [6.07, 6.45) is 10.2. The van der Waals surface area contributed by atoms with Crippen LogP contribution in [-0.4, -0.2) is 18.0 Å². The van der Waals surface area contributed by atoms with E-state index in [4.69, 9.17) is 5.73 Å². The van der Waals surface area contributed by atoms with Crippen LogP contribution in [0.15, 0.2) is 4.99 Å². The van der Waals surface area contributed by atoms with Gasteiger partial charge in [0, 0.05) is 6.04 Å². The van der Waals surface area contributed by atoms with Crippen LogP contribution >= 0.6 is 0 Å². The third-order valence-electron chi connectivity index (χ3n) is 4.22. The van der Waals surface area contributed by atoms with Gasteiger partial charge in [-0.05, 0) is 37.5 Å². The Morgan fingerprint density at radius 2 is 1.88 bits per heavy atom. The molecule has 0 bridgehead atoms. The zero-order valence-electron chi connectivity index (χ0n) is 11.3. The van der Waals surface area contributed by atoms with Crippen LogP contribution in [0.2, 0.25) is 0 Å². The van der Waals surface area contributed by atoms with E-state index in [1.165, 1.54) is 51.4 Å². The molecule has 17 heavy (non-hydrogen) atoms. The Bertz CT molecular complexity index is 277. The van der Waals surface area contributed by atoms with Crippen molar-refractivity contribution in [3.63, 3.8) is 0 Å². The summed E-state index contributed by atoms with van der Waals surface area (Å²) >= 11 is 0. The second-order valence-electron chi connectivity index (χ2n) is 6.55. The minimum Gasteiger partial charge on any atom is -0.370 e. The molecule has 0 radical (unpaired) electrons. The number of guanidine groups is 1. The van der Waals surface area contributed by atoms with Crippen molar-refractivity contribution in [1.29, 1.82) is 0 Å². The second kappa shape index (κ2) is 5.28. The monoisotopic (exact) mass is 237 g/mol. The molecule has 2 aliphatic rings. The van der Waals surface area contributed by atoms with Crippen LogP contribution in [0.5, 0.6) is 0 Å². The Kier molecular flexibility index (Phi) is 3.95. The third-order valence-corrected chi connectivity index (χ3v) is 4.22. The van der Waals surface area contributed by atoms with Crippen molar-refractivity contribution < 1.29 is 0 Å².